The van der Waals surface area contributed by atoms with Gasteiger partial charge in [0.25, 0.3) is 0 Å². The molecule has 110 valence electrons. The molecule has 0 bridgehead atoms. The van der Waals surface area contributed by atoms with Crippen LogP contribution in [0.2, 0.25) is 0 Å². The van der Waals surface area contributed by atoms with Crippen LogP contribution in [0.5, 0.6) is 0 Å². The van der Waals surface area contributed by atoms with Crippen LogP contribution in [0.15, 0.2) is 12.7 Å². The number of ether oxygens (including phenoxy) is 2. The van der Waals surface area contributed by atoms with Crippen molar-refractivity contribution >= 4 is 5.97 Å². The van der Waals surface area contributed by atoms with Gasteiger partial charge in [-0.1, -0.05) is 6.58 Å². The predicted molar refractivity (Wildman–Crippen MR) is 51.2 cm³/mol. The minimum atomic E-state index is -5.68. The van der Waals surface area contributed by atoms with Crippen LogP contribution in [0.4, 0.5) is 22.0 Å². The standard InChI is InChI=1S/C10H11F5O4/c1-3-6(16)18-4-7(2)5-19-9(17,8(7,11)12)10(13,14)15/h3,17H,1,4-5H2,2H3. The first-order valence-electron chi connectivity index (χ1n) is 5.01. The van der Waals surface area contributed by atoms with Crippen molar-refractivity contribution in [1.82, 2.24) is 0 Å². The number of aliphatic hydroxyl groups is 1. The van der Waals surface area contributed by atoms with Gasteiger partial charge in [-0.3, -0.25) is 0 Å². The monoisotopic (exact) mass is 290 g/mol. The zero-order valence-electron chi connectivity index (χ0n) is 9.76. The number of hydrogen-bond donors (Lipinski definition) is 1. The average Bonchev–Trinajstić information content (AvgIpc) is 2.48. The van der Waals surface area contributed by atoms with Crippen LogP contribution in [0, 0.1) is 5.41 Å². The molecule has 1 aliphatic heterocycles. The first-order valence-corrected chi connectivity index (χ1v) is 5.01. The number of alkyl halides is 5. The molecule has 1 aliphatic rings. The Kier molecular flexibility index (Phi) is 3.68. The Morgan fingerprint density at radius 3 is 2.42 bits per heavy atom. The first kappa shape index (κ1) is 15.8. The Morgan fingerprint density at radius 2 is 2.05 bits per heavy atom. The SMILES string of the molecule is C=CC(=O)OCC1(C)COC(O)(C(F)(F)F)C1(F)F. The van der Waals surface area contributed by atoms with Gasteiger partial charge in [-0.15, -0.1) is 0 Å². The summed E-state index contributed by atoms with van der Waals surface area (Å²) in [6.45, 7) is 1.55. The third kappa shape index (κ3) is 2.20. The minimum absolute atomic E-state index is 0.674. The molecule has 1 saturated heterocycles. The van der Waals surface area contributed by atoms with Gasteiger partial charge in [0.2, 0.25) is 0 Å². The van der Waals surface area contributed by atoms with E-state index < -0.39 is 42.5 Å². The highest BCUT2D eigenvalue weighted by atomic mass is 19.4. The van der Waals surface area contributed by atoms with E-state index in [0.29, 0.717) is 13.0 Å². The van der Waals surface area contributed by atoms with Crippen LogP contribution in [0.3, 0.4) is 0 Å². The van der Waals surface area contributed by atoms with E-state index in [4.69, 9.17) is 5.11 Å². The zero-order valence-corrected chi connectivity index (χ0v) is 9.76. The molecule has 1 N–H and O–H groups in total. The molecular formula is C10H11F5O4. The third-order valence-corrected chi connectivity index (χ3v) is 2.87. The molecule has 1 rings (SSSR count). The summed E-state index contributed by atoms with van der Waals surface area (Å²) < 4.78 is 73.2. The fourth-order valence-electron chi connectivity index (χ4n) is 1.54. The molecule has 2 unspecified atom stereocenters. The lowest BCUT2D eigenvalue weighted by Gasteiger charge is -2.35. The highest BCUT2D eigenvalue weighted by Gasteiger charge is 2.81. The first-order chi connectivity index (χ1) is 8.41. The number of esters is 1. The summed E-state index contributed by atoms with van der Waals surface area (Å²) in [5.74, 6) is -10.4. The highest BCUT2D eigenvalue weighted by molar-refractivity contribution is 5.81. The van der Waals surface area contributed by atoms with Gasteiger partial charge in [-0.25, -0.2) is 4.79 Å². The fourth-order valence-corrected chi connectivity index (χ4v) is 1.54. The van der Waals surface area contributed by atoms with Crippen molar-refractivity contribution in [2.75, 3.05) is 13.2 Å². The van der Waals surface area contributed by atoms with Gasteiger partial charge in [-0.2, -0.15) is 22.0 Å². The lowest BCUT2D eigenvalue weighted by atomic mass is 9.83. The number of hydrogen-bond acceptors (Lipinski definition) is 4. The number of halogens is 5. The Labute approximate surface area is 104 Å². The highest BCUT2D eigenvalue weighted by Crippen LogP contribution is 2.56. The van der Waals surface area contributed by atoms with Crippen LogP contribution in [0.25, 0.3) is 0 Å². The summed E-state index contributed by atoms with van der Waals surface area (Å²) in [5.41, 5.74) is -2.50. The number of carbonyl (C=O) groups is 1. The summed E-state index contributed by atoms with van der Waals surface area (Å²) in [5, 5.41) is 9.06. The Morgan fingerprint density at radius 1 is 1.53 bits per heavy atom. The van der Waals surface area contributed by atoms with Crippen LogP contribution in [0.1, 0.15) is 6.92 Å². The van der Waals surface area contributed by atoms with Gasteiger partial charge in [0.1, 0.15) is 6.61 Å². The Balaban J connectivity index is 3.01. The molecule has 1 heterocycles. The maximum Gasteiger partial charge on any atom is 0.449 e. The molecule has 0 radical (unpaired) electrons. The minimum Gasteiger partial charge on any atom is -0.462 e. The van der Waals surface area contributed by atoms with Crippen molar-refractivity contribution in [3.05, 3.63) is 12.7 Å². The van der Waals surface area contributed by atoms with E-state index in [1.165, 1.54) is 0 Å². The average molecular weight is 290 g/mol. The maximum absolute atomic E-state index is 13.8. The van der Waals surface area contributed by atoms with Gasteiger partial charge >= 0.3 is 23.9 Å². The molecule has 0 spiro atoms. The fraction of sp³-hybridized carbons (Fsp3) is 0.700. The molecule has 0 aromatic heterocycles. The summed E-state index contributed by atoms with van der Waals surface area (Å²) in [6.07, 6.45) is -5.01. The van der Waals surface area contributed by atoms with Gasteiger partial charge in [0.15, 0.2) is 0 Å². The molecule has 0 saturated carbocycles. The van der Waals surface area contributed by atoms with E-state index in [9.17, 15) is 26.7 Å². The van der Waals surface area contributed by atoms with Gasteiger partial charge in [-0.05, 0) is 6.92 Å². The zero-order chi connectivity index (χ0) is 15.1. The molecule has 2 atom stereocenters. The van der Waals surface area contributed by atoms with Crippen molar-refractivity contribution in [3.8, 4) is 0 Å². The molecule has 0 aliphatic carbocycles. The van der Waals surface area contributed by atoms with Crippen molar-refractivity contribution in [1.29, 1.82) is 0 Å². The van der Waals surface area contributed by atoms with Crippen molar-refractivity contribution in [3.63, 3.8) is 0 Å². The van der Waals surface area contributed by atoms with E-state index in [-0.39, 0.29) is 0 Å². The van der Waals surface area contributed by atoms with E-state index in [0.717, 1.165) is 0 Å². The van der Waals surface area contributed by atoms with Crippen molar-refractivity contribution < 1.29 is 41.3 Å². The van der Waals surface area contributed by atoms with Crippen LogP contribution in [-0.4, -0.2) is 42.2 Å². The summed E-state index contributed by atoms with van der Waals surface area (Å²) in [7, 11) is 0. The Hall–Kier alpha value is -1.22. The quantitative estimate of drug-likeness (QED) is 0.488. The molecule has 0 aromatic carbocycles. The second kappa shape index (κ2) is 4.41. The Bertz CT molecular complexity index is 394. The molecule has 0 aromatic rings. The predicted octanol–water partition coefficient (Wildman–Crippen LogP) is 1.64. The second-order valence-corrected chi connectivity index (χ2v) is 4.38. The molecular weight excluding hydrogens is 279 g/mol. The molecule has 9 heteroatoms. The van der Waals surface area contributed by atoms with Gasteiger partial charge in [0, 0.05) is 6.08 Å². The van der Waals surface area contributed by atoms with Crippen LogP contribution < -0.4 is 0 Å². The molecule has 4 nitrogen and oxygen atoms in total. The maximum atomic E-state index is 13.8. The van der Waals surface area contributed by atoms with E-state index in [1.54, 1.807) is 0 Å². The van der Waals surface area contributed by atoms with E-state index in [2.05, 4.69) is 16.1 Å². The van der Waals surface area contributed by atoms with Crippen molar-refractivity contribution in [2.24, 2.45) is 5.41 Å². The van der Waals surface area contributed by atoms with E-state index >= 15 is 0 Å². The summed E-state index contributed by atoms with van der Waals surface area (Å²) >= 11 is 0. The molecule has 1 fully saturated rings. The lowest BCUT2D eigenvalue weighted by molar-refractivity contribution is -0.408. The normalized spacial score (nSPS) is 34.1. The second-order valence-electron chi connectivity index (χ2n) is 4.38. The number of rotatable bonds is 3. The number of carbonyl (C=O) groups excluding carboxylic acids is 1. The smallest absolute Gasteiger partial charge is 0.449 e. The third-order valence-electron chi connectivity index (χ3n) is 2.87. The van der Waals surface area contributed by atoms with Crippen LogP contribution >= 0.6 is 0 Å². The van der Waals surface area contributed by atoms with Gasteiger partial charge in [0.05, 0.1) is 12.0 Å². The van der Waals surface area contributed by atoms with Gasteiger partial charge < -0.3 is 14.6 Å². The topological polar surface area (TPSA) is 55.8 Å². The van der Waals surface area contributed by atoms with Crippen molar-refractivity contribution in [2.45, 2.75) is 24.8 Å². The van der Waals surface area contributed by atoms with E-state index in [1.807, 2.05) is 0 Å². The lowest BCUT2D eigenvalue weighted by Crippen LogP contribution is -2.61. The van der Waals surface area contributed by atoms with Crippen LogP contribution in [-0.2, 0) is 14.3 Å². The molecule has 0 amide bonds. The summed E-state index contributed by atoms with van der Waals surface area (Å²) in [4.78, 5) is 10.8. The largest absolute Gasteiger partial charge is 0.462 e. The molecule has 19 heavy (non-hydrogen) atoms. The summed E-state index contributed by atoms with van der Waals surface area (Å²) in [6, 6.07) is 0.